The molecule has 202 valence electrons. The summed E-state index contributed by atoms with van der Waals surface area (Å²) in [5.74, 6) is 0.480. The minimum absolute atomic E-state index is 0.0347. The van der Waals surface area contributed by atoms with Crippen LogP contribution >= 0.6 is 0 Å². The van der Waals surface area contributed by atoms with E-state index in [0.717, 1.165) is 64.8 Å². The molecule has 0 spiro atoms. The van der Waals surface area contributed by atoms with Crippen molar-refractivity contribution < 1.29 is 9.53 Å². The van der Waals surface area contributed by atoms with Gasteiger partial charge in [-0.3, -0.25) is 9.59 Å². The molecule has 3 aromatic rings. The van der Waals surface area contributed by atoms with Crippen molar-refractivity contribution >= 4 is 5.91 Å². The number of ether oxygens (including phenoxy) is 1. The summed E-state index contributed by atoms with van der Waals surface area (Å²) in [5, 5.41) is 3.40. The second-order valence-electron chi connectivity index (χ2n) is 10.4. The highest BCUT2D eigenvalue weighted by Gasteiger charge is 2.36. The minimum Gasteiger partial charge on any atom is -0.385 e. The summed E-state index contributed by atoms with van der Waals surface area (Å²) in [6.45, 7) is 3.36. The lowest BCUT2D eigenvalue weighted by Gasteiger charge is -2.30. The third kappa shape index (κ3) is 8.14. The number of benzene rings is 2. The molecule has 1 N–H and O–H groups in total. The molecule has 1 saturated carbocycles. The molecule has 1 unspecified atom stereocenters. The highest BCUT2D eigenvalue weighted by atomic mass is 16.5. The molecular weight excluding hydrogens is 474 g/mol. The van der Waals surface area contributed by atoms with E-state index in [1.165, 1.54) is 32.9 Å². The SMILES string of the molecule is COCCCc1cc(CN(C(=O)C2CCCNC2)C2CC2)cc(-c2ccccc2)c1.Cn1ccccc1=O. The van der Waals surface area contributed by atoms with E-state index in [2.05, 4.69) is 58.7 Å². The van der Waals surface area contributed by atoms with Crippen LogP contribution in [-0.2, 0) is 29.5 Å². The molecule has 0 bridgehead atoms. The van der Waals surface area contributed by atoms with E-state index in [-0.39, 0.29) is 11.5 Å². The highest BCUT2D eigenvalue weighted by molar-refractivity contribution is 5.80. The number of methoxy groups -OCH3 is 1. The van der Waals surface area contributed by atoms with Crippen molar-refractivity contribution in [3.05, 3.63) is 94.4 Å². The molecular formula is C32H41N3O3. The van der Waals surface area contributed by atoms with Gasteiger partial charge in [-0.25, -0.2) is 0 Å². The Bertz CT molecular complexity index is 1210. The van der Waals surface area contributed by atoms with Gasteiger partial charge < -0.3 is 19.5 Å². The molecule has 2 heterocycles. The Morgan fingerprint density at radius 2 is 1.76 bits per heavy atom. The fraction of sp³-hybridized carbons (Fsp3) is 0.438. The number of carbonyl (C=O) groups excluding carboxylic acids is 1. The molecule has 5 rings (SSSR count). The molecule has 2 aromatic carbocycles. The van der Waals surface area contributed by atoms with Gasteiger partial charge in [0.15, 0.2) is 0 Å². The lowest BCUT2D eigenvalue weighted by Crippen LogP contribution is -2.43. The Labute approximate surface area is 226 Å². The molecule has 1 saturated heterocycles. The Morgan fingerprint density at radius 1 is 1.00 bits per heavy atom. The molecule has 2 aliphatic rings. The topological polar surface area (TPSA) is 63.6 Å². The molecule has 1 atom stereocenters. The Kier molecular flexibility index (Phi) is 10.3. The van der Waals surface area contributed by atoms with Crippen molar-refractivity contribution in [2.75, 3.05) is 26.8 Å². The van der Waals surface area contributed by atoms with E-state index in [0.29, 0.717) is 11.9 Å². The van der Waals surface area contributed by atoms with Gasteiger partial charge in [-0.05, 0) is 79.5 Å². The van der Waals surface area contributed by atoms with E-state index >= 15 is 0 Å². The number of rotatable bonds is 9. The van der Waals surface area contributed by atoms with Crippen LogP contribution in [0.25, 0.3) is 11.1 Å². The van der Waals surface area contributed by atoms with Crippen molar-refractivity contribution in [2.45, 2.75) is 51.1 Å². The zero-order valence-electron chi connectivity index (χ0n) is 22.8. The number of hydrogen-bond acceptors (Lipinski definition) is 4. The number of nitrogens with zero attached hydrogens (tertiary/aromatic N) is 2. The Hall–Kier alpha value is -3.22. The Morgan fingerprint density at radius 3 is 2.39 bits per heavy atom. The van der Waals surface area contributed by atoms with Crippen LogP contribution < -0.4 is 10.9 Å². The minimum atomic E-state index is 0.0347. The van der Waals surface area contributed by atoms with Gasteiger partial charge in [0, 0.05) is 52.2 Å². The van der Waals surface area contributed by atoms with Gasteiger partial charge in [0.05, 0.1) is 5.92 Å². The van der Waals surface area contributed by atoms with Crippen LogP contribution in [0.5, 0.6) is 0 Å². The number of nitrogens with one attached hydrogen (secondary N) is 1. The third-order valence-corrected chi connectivity index (χ3v) is 7.25. The summed E-state index contributed by atoms with van der Waals surface area (Å²) < 4.78 is 6.78. The summed E-state index contributed by atoms with van der Waals surface area (Å²) >= 11 is 0. The van der Waals surface area contributed by atoms with E-state index < -0.39 is 0 Å². The van der Waals surface area contributed by atoms with Crippen molar-refractivity contribution in [3.8, 4) is 11.1 Å². The molecule has 1 amide bonds. The van der Waals surface area contributed by atoms with Gasteiger partial charge in [-0.1, -0.05) is 48.5 Å². The van der Waals surface area contributed by atoms with E-state index in [1.807, 2.05) is 6.07 Å². The molecule has 1 aliphatic carbocycles. The lowest BCUT2D eigenvalue weighted by molar-refractivity contribution is -0.137. The molecule has 6 heteroatoms. The standard InChI is InChI=1S/C26H34N2O2.C6H7NO/c1-30-14-6-7-20-15-21(17-24(16-20)22-8-3-2-4-9-22)19-28(25-11-12-25)26(29)23-10-5-13-27-18-23;1-7-5-3-2-4-6(7)8/h2-4,8-9,15-17,23,25,27H,5-7,10-14,18-19H2,1H3;2-5H,1H3. The van der Waals surface area contributed by atoms with Crippen LogP contribution in [0.15, 0.2) is 77.7 Å². The average Bonchev–Trinajstić information content (AvgIpc) is 3.80. The van der Waals surface area contributed by atoms with E-state index in [4.69, 9.17) is 4.74 Å². The van der Waals surface area contributed by atoms with Crippen LogP contribution in [0.2, 0.25) is 0 Å². The van der Waals surface area contributed by atoms with Gasteiger partial charge in [-0.15, -0.1) is 0 Å². The van der Waals surface area contributed by atoms with Crippen molar-refractivity contribution in [1.82, 2.24) is 14.8 Å². The number of aromatic nitrogens is 1. The van der Waals surface area contributed by atoms with Crippen molar-refractivity contribution in [3.63, 3.8) is 0 Å². The highest BCUT2D eigenvalue weighted by Crippen LogP contribution is 2.32. The zero-order valence-corrected chi connectivity index (χ0v) is 22.8. The normalized spacial score (nSPS) is 16.8. The predicted octanol–water partition coefficient (Wildman–Crippen LogP) is 4.81. The summed E-state index contributed by atoms with van der Waals surface area (Å²) in [7, 11) is 3.48. The van der Waals surface area contributed by atoms with Crippen molar-refractivity contribution in [2.24, 2.45) is 13.0 Å². The van der Waals surface area contributed by atoms with Crippen molar-refractivity contribution in [1.29, 1.82) is 0 Å². The summed E-state index contributed by atoms with van der Waals surface area (Å²) in [6.07, 6.45) is 8.13. The van der Waals surface area contributed by atoms with Gasteiger partial charge >= 0.3 is 0 Å². The maximum atomic E-state index is 13.3. The third-order valence-electron chi connectivity index (χ3n) is 7.25. The summed E-state index contributed by atoms with van der Waals surface area (Å²) in [6, 6.07) is 22.9. The largest absolute Gasteiger partial charge is 0.385 e. The van der Waals surface area contributed by atoms with E-state index in [1.54, 1.807) is 26.4 Å². The van der Waals surface area contributed by atoms with E-state index in [9.17, 15) is 9.59 Å². The monoisotopic (exact) mass is 515 g/mol. The van der Waals surface area contributed by atoms with Crippen LogP contribution in [0, 0.1) is 5.92 Å². The summed E-state index contributed by atoms with van der Waals surface area (Å²) in [4.78, 5) is 26.1. The van der Waals surface area contributed by atoms with Crippen LogP contribution in [0.3, 0.4) is 0 Å². The molecule has 1 aromatic heterocycles. The second kappa shape index (κ2) is 14.1. The number of hydrogen-bond donors (Lipinski definition) is 1. The lowest BCUT2D eigenvalue weighted by atomic mass is 9.96. The Balaban J connectivity index is 0.000000360. The first-order valence-corrected chi connectivity index (χ1v) is 13.8. The number of carbonyl (C=O) groups is 1. The molecule has 38 heavy (non-hydrogen) atoms. The number of aryl methyl sites for hydroxylation is 2. The fourth-order valence-corrected chi connectivity index (χ4v) is 4.99. The molecule has 0 radical (unpaired) electrons. The first-order chi connectivity index (χ1) is 18.5. The first kappa shape index (κ1) is 27.8. The van der Waals surface area contributed by atoms with Crippen LogP contribution in [-0.4, -0.2) is 48.2 Å². The van der Waals surface area contributed by atoms with Gasteiger partial charge in [0.25, 0.3) is 0 Å². The molecule has 2 fully saturated rings. The first-order valence-electron chi connectivity index (χ1n) is 13.8. The quantitative estimate of drug-likeness (QED) is 0.416. The number of piperidine rings is 1. The second-order valence-corrected chi connectivity index (χ2v) is 10.4. The zero-order chi connectivity index (χ0) is 26.7. The molecule has 1 aliphatic heterocycles. The fourth-order valence-electron chi connectivity index (χ4n) is 4.99. The molecule has 6 nitrogen and oxygen atoms in total. The van der Waals surface area contributed by atoms with Crippen LogP contribution in [0.4, 0.5) is 0 Å². The maximum Gasteiger partial charge on any atom is 0.250 e. The smallest absolute Gasteiger partial charge is 0.250 e. The van der Waals surface area contributed by atoms with Gasteiger partial charge in [-0.2, -0.15) is 0 Å². The van der Waals surface area contributed by atoms with Crippen LogP contribution in [0.1, 0.15) is 43.2 Å². The summed E-state index contributed by atoms with van der Waals surface area (Å²) in [5.41, 5.74) is 5.07. The predicted molar refractivity (Wildman–Crippen MR) is 153 cm³/mol. The average molecular weight is 516 g/mol. The van der Waals surface area contributed by atoms with Gasteiger partial charge in [0.1, 0.15) is 0 Å². The number of amides is 1. The van der Waals surface area contributed by atoms with Gasteiger partial charge in [0.2, 0.25) is 11.5 Å². The maximum absolute atomic E-state index is 13.3. The number of pyridine rings is 1.